The molecule has 21 heavy (non-hydrogen) atoms. The van der Waals surface area contributed by atoms with Gasteiger partial charge in [0.25, 0.3) is 0 Å². The van der Waals surface area contributed by atoms with Gasteiger partial charge in [-0.1, -0.05) is 64.6 Å². The Morgan fingerprint density at radius 3 is 2.19 bits per heavy atom. The molecule has 106 valence electrons. The van der Waals surface area contributed by atoms with Crippen LogP contribution in [-0.2, 0) is 0 Å². The van der Waals surface area contributed by atoms with Crippen molar-refractivity contribution < 1.29 is 4.74 Å². The summed E-state index contributed by atoms with van der Waals surface area (Å²) in [6.07, 6.45) is 0. The molecule has 1 aromatic heterocycles. The third-order valence-electron chi connectivity index (χ3n) is 2.79. The fourth-order valence-electron chi connectivity index (χ4n) is 1.81. The first-order valence-electron chi connectivity index (χ1n) is 5.79. The highest BCUT2D eigenvalue weighted by Crippen LogP contribution is 2.38. The van der Waals surface area contributed by atoms with Crippen LogP contribution in [0.4, 0.5) is 0 Å². The van der Waals surface area contributed by atoms with Crippen LogP contribution in [0.1, 0.15) is 0 Å². The summed E-state index contributed by atoms with van der Waals surface area (Å²) in [6.45, 7) is 0. The molecule has 0 N–H and O–H groups in total. The van der Waals surface area contributed by atoms with Gasteiger partial charge >= 0.3 is 0 Å². The van der Waals surface area contributed by atoms with Crippen LogP contribution in [0.15, 0.2) is 36.4 Å². The van der Waals surface area contributed by atoms with Gasteiger partial charge in [-0.15, -0.1) is 10.2 Å². The van der Waals surface area contributed by atoms with E-state index in [0.29, 0.717) is 26.0 Å². The average molecular weight is 360 g/mol. The fraction of sp³-hybridized carbons (Fsp3) is 0. The fourth-order valence-corrected chi connectivity index (χ4v) is 2.59. The lowest BCUT2D eigenvalue weighted by molar-refractivity contribution is 0.462. The predicted molar refractivity (Wildman–Crippen MR) is 86.1 cm³/mol. The summed E-state index contributed by atoms with van der Waals surface area (Å²) in [5, 5.41) is 10.6. The molecule has 0 radical (unpaired) electrons. The van der Waals surface area contributed by atoms with E-state index in [2.05, 4.69) is 10.2 Å². The first-order chi connectivity index (χ1) is 10.1. The van der Waals surface area contributed by atoms with E-state index in [4.69, 9.17) is 51.1 Å². The molecule has 0 bridgehead atoms. The maximum atomic E-state index is 6.09. The summed E-state index contributed by atoms with van der Waals surface area (Å²) < 4.78 is 5.71. The number of nitrogens with zero attached hydrogens (tertiary/aromatic N) is 2. The maximum Gasteiger partial charge on any atom is 0.246 e. The van der Waals surface area contributed by atoms with Gasteiger partial charge < -0.3 is 4.74 Å². The Balaban J connectivity index is 2.11. The molecule has 3 nitrogen and oxygen atoms in total. The molecular formula is C14H6Cl4N2O. The molecule has 0 aliphatic heterocycles. The van der Waals surface area contributed by atoms with E-state index in [1.165, 1.54) is 12.1 Å². The highest BCUT2D eigenvalue weighted by atomic mass is 35.5. The topological polar surface area (TPSA) is 35.0 Å². The zero-order valence-corrected chi connectivity index (χ0v) is 13.3. The van der Waals surface area contributed by atoms with Crippen LogP contribution in [-0.4, -0.2) is 10.2 Å². The number of ether oxygens (including phenoxy) is 1. The maximum absolute atomic E-state index is 6.09. The average Bonchev–Trinajstić information content (AvgIpc) is 2.48. The zero-order valence-electron chi connectivity index (χ0n) is 10.3. The van der Waals surface area contributed by atoms with Gasteiger partial charge in [-0.2, -0.15) is 0 Å². The van der Waals surface area contributed by atoms with Crippen molar-refractivity contribution in [3.8, 4) is 11.6 Å². The normalized spacial score (nSPS) is 10.9. The standard InChI is InChI=1S/C14H6Cl4N2O/c15-9-5-11(17)12(6-10(9)16)21-14-8-4-2-1-3-7(8)13(18)19-20-14/h1-6H. The van der Waals surface area contributed by atoms with Crippen molar-refractivity contribution in [1.29, 1.82) is 0 Å². The smallest absolute Gasteiger partial charge is 0.246 e. The van der Waals surface area contributed by atoms with E-state index in [0.717, 1.165) is 10.8 Å². The van der Waals surface area contributed by atoms with Crippen molar-refractivity contribution in [3.63, 3.8) is 0 Å². The molecule has 0 amide bonds. The van der Waals surface area contributed by atoms with E-state index in [9.17, 15) is 0 Å². The van der Waals surface area contributed by atoms with Crippen molar-refractivity contribution in [2.75, 3.05) is 0 Å². The van der Waals surface area contributed by atoms with E-state index >= 15 is 0 Å². The van der Waals surface area contributed by atoms with E-state index in [-0.39, 0.29) is 5.88 Å². The molecule has 3 aromatic rings. The Morgan fingerprint density at radius 2 is 1.43 bits per heavy atom. The summed E-state index contributed by atoms with van der Waals surface area (Å²) in [5.74, 6) is 0.628. The van der Waals surface area contributed by atoms with Crippen LogP contribution in [0.3, 0.4) is 0 Å². The Labute approximate surface area is 140 Å². The third-order valence-corrected chi connectivity index (χ3v) is 4.09. The van der Waals surface area contributed by atoms with Crippen molar-refractivity contribution in [3.05, 3.63) is 56.6 Å². The molecule has 1 heterocycles. The highest BCUT2D eigenvalue weighted by molar-refractivity contribution is 6.43. The van der Waals surface area contributed by atoms with Crippen molar-refractivity contribution in [2.45, 2.75) is 0 Å². The molecule has 0 unspecified atom stereocenters. The lowest BCUT2D eigenvalue weighted by Gasteiger charge is -2.10. The zero-order chi connectivity index (χ0) is 15.0. The van der Waals surface area contributed by atoms with Gasteiger partial charge in [0.2, 0.25) is 5.88 Å². The van der Waals surface area contributed by atoms with Crippen molar-refractivity contribution in [1.82, 2.24) is 10.2 Å². The van der Waals surface area contributed by atoms with Gasteiger partial charge in [0.15, 0.2) is 5.15 Å². The Bertz CT molecular complexity index is 839. The minimum absolute atomic E-state index is 0.287. The molecule has 0 aliphatic carbocycles. The molecule has 0 saturated carbocycles. The summed E-state index contributed by atoms with van der Waals surface area (Å²) >= 11 is 24.0. The molecule has 0 atom stereocenters. The van der Waals surface area contributed by atoms with Crippen LogP contribution in [0, 0.1) is 0 Å². The lowest BCUT2D eigenvalue weighted by Crippen LogP contribution is -1.94. The number of aromatic nitrogens is 2. The molecule has 0 saturated heterocycles. The highest BCUT2D eigenvalue weighted by Gasteiger charge is 2.13. The minimum atomic E-state index is 0.287. The van der Waals surface area contributed by atoms with Crippen molar-refractivity contribution in [2.24, 2.45) is 0 Å². The Kier molecular flexibility index (Phi) is 4.09. The van der Waals surface area contributed by atoms with Gasteiger partial charge in [0.1, 0.15) is 5.75 Å². The van der Waals surface area contributed by atoms with Gasteiger partial charge in [0.05, 0.1) is 15.1 Å². The molecular weight excluding hydrogens is 354 g/mol. The third kappa shape index (κ3) is 2.87. The number of fused-ring (bicyclic) bond motifs is 1. The summed E-state index contributed by atoms with van der Waals surface area (Å²) in [5.41, 5.74) is 0. The first-order valence-corrected chi connectivity index (χ1v) is 7.31. The SMILES string of the molecule is Clc1cc(Cl)c(Oc2nnc(Cl)c3ccccc23)cc1Cl. The second-order valence-corrected chi connectivity index (χ2v) is 5.72. The first kappa shape index (κ1) is 14.7. The van der Waals surface area contributed by atoms with Gasteiger partial charge in [-0.25, -0.2) is 0 Å². The number of rotatable bonds is 2. The van der Waals surface area contributed by atoms with E-state index in [1.54, 1.807) is 0 Å². The molecule has 7 heteroatoms. The van der Waals surface area contributed by atoms with Gasteiger partial charge in [-0.05, 0) is 12.1 Å². The lowest BCUT2D eigenvalue weighted by atomic mass is 10.2. The summed E-state index contributed by atoms with van der Waals surface area (Å²) in [7, 11) is 0. The number of benzene rings is 2. The van der Waals surface area contributed by atoms with E-state index < -0.39 is 0 Å². The Hall–Kier alpha value is -1.26. The minimum Gasteiger partial charge on any atom is -0.435 e. The van der Waals surface area contributed by atoms with Crippen molar-refractivity contribution >= 4 is 57.2 Å². The number of hydrogen-bond acceptors (Lipinski definition) is 3. The molecule has 3 rings (SSSR count). The van der Waals surface area contributed by atoms with Crippen LogP contribution in [0.5, 0.6) is 11.6 Å². The monoisotopic (exact) mass is 358 g/mol. The number of hydrogen-bond donors (Lipinski definition) is 0. The largest absolute Gasteiger partial charge is 0.435 e. The predicted octanol–water partition coefficient (Wildman–Crippen LogP) is 6.04. The van der Waals surface area contributed by atoms with Crippen LogP contribution < -0.4 is 4.74 Å². The van der Waals surface area contributed by atoms with Gasteiger partial charge in [0, 0.05) is 16.8 Å². The Morgan fingerprint density at radius 1 is 0.762 bits per heavy atom. The van der Waals surface area contributed by atoms with E-state index in [1.807, 2.05) is 24.3 Å². The molecule has 2 aromatic carbocycles. The number of halogens is 4. The molecule has 0 spiro atoms. The summed E-state index contributed by atoms with van der Waals surface area (Å²) in [6, 6.07) is 10.4. The van der Waals surface area contributed by atoms with Crippen LogP contribution in [0.2, 0.25) is 20.2 Å². The quantitative estimate of drug-likeness (QED) is 0.523. The molecule has 0 fully saturated rings. The van der Waals surface area contributed by atoms with Gasteiger partial charge in [-0.3, -0.25) is 0 Å². The van der Waals surface area contributed by atoms with Crippen LogP contribution in [0.25, 0.3) is 10.8 Å². The summed E-state index contributed by atoms with van der Waals surface area (Å²) in [4.78, 5) is 0. The molecule has 0 aliphatic rings. The second-order valence-electron chi connectivity index (χ2n) is 4.14. The second kappa shape index (κ2) is 5.85. The van der Waals surface area contributed by atoms with Crippen LogP contribution >= 0.6 is 46.4 Å².